The lowest BCUT2D eigenvalue weighted by Crippen LogP contribution is -2.17. The number of carboxylic acids is 2. The number of carbonyl (C=O) groups excluding carboxylic acids is 2. The predicted molar refractivity (Wildman–Crippen MR) is 107 cm³/mol. The van der Waals surface area contributed by atoms with E-state index >= 15 is 0 Å². The third-order valence-corrected chi connectivity index (χ3v) is 4.56. The van der Waals surface area contributed by atoms with E-state index in [1.165, 1.54) is 0 Å². The highest BCUT2D eigenvalue weighted by Crippen LogP contribution is 2.30. The summed E-state index contributed by atoms with van der Waals surface area (Å²) in [7, 11) is 0. The second-order valence-electron chi connectivity index (χ2n) is 6.61. The number of aromatic carboxylic acids is 2. The van der Waals surface area contributed by atoms with Gasteiger partial charge in [0, 0.05) is 23.3 Å². The van der Waals surface area contributed by atoms with E-state index in [0.29, 0.717) is 6.07 Å². The Morgan fingerprint density at radius 1 is 0.469 bits per heavy atom. The number of phenolic OH excluding ortho intramolecular Hbond substituents is 4. The maximum absolute atomic E-state index is 13.0. The highest BCUT2D eigenvalue weighted by atomic mass is 16.4. The monoisotopic (exact) mass is 438 g/mol. The van der Waals surface area contributed by atoms with Crippen LogP contribution in [0.15, 0.2) is 48.5 Å². The molecule has 0 spiro atoms. The van der Waals surface area contributed by atoms with Crippen molar-refractivity contribution in [2.45, 2.75) is 0 Å². The summed E-state index contributed by atoms with van der Waals surface area (Å²) in [5.74, 6) is -7.51. The molecular weight excluding hydrogens is 424 g/mol. The number of hydrogen-bond acceptors (Lipinski definition) is 8. The zero-order valence-electron chi connectivity index (χ0n) is 15.9. The van der Waals surface area contributed by atoms with Gasteiger partial charge in [-0.1, -0.05) is 0 Å². The zero-order valence-corrected chi connectivity index (χ0v) is 15.9. The molecule has 0 aliphatic rings. The molecule has 162 valence electrons. The summed E-state index contributed by atoms with van der Waals surface area (Å²) in [6.07, 6.45) is 0. The molecule has 3 rings (SSSR count). The Bertz CT molecular complexity index is 1210. The predicted octanol–water partition coefficient (Wildman–Crippen LogP) is 2.37. The summed E-state index contributed by atoms with van der Waals surface area (Å²) in [5.41, 5.74) is -3.51. The molecule has 10 heteroatoms. The van der Waals surface area contributed by atoms with Gasteiger partial charge in [-0.25, -0.2) is 9.59 Å². The molecule has 0 saturated carbocycles. The molecule has 0 atom stereocenters. The second kappa shape index (κ2) is 8.11. The normalized spacial score (nSPS) is 10.5. The minimum Gasteiger partial charge on any atom is -0.508 e. The van der Waals surface area contributed by atoms with Crippen molar-refractivity contribution in [3.63, 3.8) is 0 Å². The van der Waals surface area contributed by atoms with E-state index in [1.807, 2.05) is 0 Å². The number of hydrogen-bond donors (Lipinski definition) is 6. The quantitative estimate of drug-likeness (QED) is 0.312. The van der Waals surface area contributed by atoms with Gasteiger partial charge in [-0.3, -0.25) is 9.59 Å². The number of rotatable bonds is 6. The summed E-state index contributed by atoms with van der Waals surface area (Å²) in [5, 5.41) is 57.7. The van der Waals surface area contributed by atoms with E-state index in [-0.39, 0.29) is 11.5 Å². The van der Waals surface area contributed by atoms with Crippen molar-refractivity contribution >= 4 is 23.5 Å². The number of phenols is 4. The number of carboxylic acid groups (broad SMARTS) is 2. The van der Waals surface area contributed by atoms with Gasteiger partial charge >= 0.3 is 11.9 Å². The van der Waals surface area contributed by atoms with E-state index in [1.54, 1.807) is 0 Å². The van der Waals surface area contributed by atoms with E-state index in [0.717, 1.165) is 42.5 Å². The smallest absolute Gasteiger partial charge is 0.336 e. The first-order valence-corrected chi connectivity index (χ1v) is 8.79. The van der Waals surface area contributed by atoms with Gasteiger partial charge in [0.25, 0.3) is 0 Å². The molecule has 0 amide bonds. The van der Waals surface area contributed by atoms with Crippen molar-refractivity contribution in [1.82, 2.24) is 0 Å². The van der Waals surface area contributed by atoms with Crippen LogP contribution < -0.4 is 0 Å². The van der Waals surface area contributed by atoms with Crippen molar-refractivity contribution in [2.75, 3.05) is 0 Å². The van der Waals surface area contributed by atoms with Gasteiger partial charge in [-0.05, 0) is 36.4 Å². The first kappa shape index (κ1) is 21.8. The first-order valence-electron chi connectivity index (χ1n) is 8.79. The fraction of sp³-hybridized carbons (Fsp3) is 0. The van der Waals surface area contributed by atoms with Crippen LogP contribution in [0.4, 0.5) is 0 Å². The molecule has 0 radical (unpaired) electrons. The molecule has 0 unspecified atom stereocenters. The van der Waals surface area contributed by atoms with Gasteiger partial charge in [0.15, 0.2) is 11.6 Å². The van der Waals surface area contributed by atoms with Crippen molar-refractivity contribution < 1.29 is 49.8 Å². The fourth-order valence-corrected chi connectivity index (χ4v) is 3.04. The molecule has 0 bridgehead atoms. The summed E-state index contributed by atoms with van der Waals surface area (Å²) in [6.45, 7) is 0. The Hall–Kier alpha value is -4.86. The summed E-state index contributed by atoms with van der Waals surface area (Å²) >= 11 is 0. The Balaban J connectivity index is 2.28. The van der Waals surface area contributed by atoms with E-state index in [9.17, 15) is 49.8 Å². The van der Waals surface area contributed by atoms with Crippen LogP contribution >= 0.6 is 0 Å². The Labute approximate surface area is 178 Å². The molecule has 6 N–H and O–H groups in total. The highest BCUT2D eigenvalue weighted by Gasteiger charge is 2.28. The Kier molecular flexibility index (Phi) is 5.53. The van der Waals surface area contributed by atoms with E-state index < -0.39 is 68.4 Å². The Morgan fingerprint density at radius 2 is 0.812 bits per heavy atom. The Morgan fingerprint density at radius 3 is 1.12 bits per heavy atom. The zero-order chi connectivity index (χ0) is 23.7. The second-order valence-corrected chi connectivity index (χ2v) is 6.61. The van der Waals surface area contributed by atoms with Crippen LogP contribution in [0.5, 0.6) is 23.0 Å². The SMILES string of the molecule is O=C(O)c1cc(C(=O)O)c(C(=O)c2ccc(O)cc2O)cc1C(=O)c1ccc(O)cc1O. The van der Waals surface area contributed by atoms with Crippen LogP contribution in [-0.2, 0) is 0 Å². The van der Waals surface area contributed by atoms with Crippen molar-refractivity contribution in [1.29, 1.82) is 0 Å². The molecule has 0 aliphatic carbocycles. The highest BCUT2D eigenvalue weighted by molar-refractivity contribution is 6.21. The molecule has 3 aromatic rings. The van der Waals surface area contributed by atoms with Crippen molar-refractivity contribution in [3.8, 4) is 23.0 Å². The largest absolute Gasteiger partial charge is 0.508 e. The van der Waals surface area contributed by atoms with Crippen LogP contribution in [0.25, 0.3) is 0 Å². The fourth-order valence-electron chi connectivity index (χ4n) is 3.04. The van der Waals surface area contributed by atoms with Gasteiger partial charge in [0.1, 0.15) is 23.0 Å². The van der Waals surface area contributed by atoms with Crippen molar-refractivity contribution in [2.24, 2.45) is 0 Å². The number of carbonyl (C=O) groups is 4. The maximum atomic E-state index is 13.0. The molecule has 0 aromatic heterocycles. The van der Waals surface area contributed by atoms with Gasteiger partial charge in [-0.15, -0.1) is 0 Å². The van der Waals surface area contributed by atoms with Crippen LogP contribution in [0.2, 0.25) is 0 Å². The molecule has 32 heavy (non-hydrogen) atoms. The summed E-state index contributed by atoms with van der Waals surface area (Å²) in [6, 6.07) is 7.25. The minimum atomic E-state index is -1.67. The molecule has 0 saturated heterocycles. The number of ketones is 2. The van der Waals surface area contributed by atoms with Gasteiger partial charge in [0.2, 0.25) is 0 Å². The summed E-state index contributed by atoms with van der Waals surface area (Å²) < 4.78 is 0. The lowest BCUT2D eigenvalue weighted by Gasteiger charge is -2.13. The molecule has 0 fully saturated rings. The molecule has 0 aliphatic heterocycles. The average molecular weight is 438 g/mol. The third-order valence-electron chi connectivity index (χ3n) is 4.56. The third kappa shape index (κ3) is 3.92. The van der Waals surface area contributed by atoms with Crippen LogP contribution in [-0.4, -0.2) is 54.1 Å². The van der Waals surface area contributed by atoms with Gasteiger partial charge in [0.05, 0.1) is 22.3 Å². The van der Waals surface area contributed by atoms with Crippen LogP contribution in [0, 0.1) is 0 Å². The average Bonchev–Trinajstić information content (AvgIpc) is 2.71. The maximum Gasteiger partial charge on any atom is 0.336 e. The van der Waals surface area contributed by atoms with Crippen LogP contribution in [0.3, 0.4) is 0 Å². The molecular formula is C22H14O10. The van der Waals surface area contributed by atoms with Gasteiger partial charge in [-0.2, -0.15) is 0 Å². The van der Waals surface area contributed by atoms with Crippen molar-refractivity contribution in [3.05, 3.63) is 81.9 Å². The van der Waals surface area contributed by atoms with Gasteiger partial charge < -0.3 is 30.6 Å². The molecule has 10 nitrogen and oxygen atoms in total. The first-order chi connectivity index (χ1) is 15.0. The standard InChI is InChI=1S/C22H14O10/c23-9-1-3-11(17(25)5-9)19(27)13-7-14(16(22(31)32)8-15(13)21(29)30)20(28)12-4-2-10(24)6-18(12)26/h1-8,23-26H,(H,29,30)(H,31,32). The number of benzene rings is 3. The minimum absolute atomic E-state index is 0.364. The number of aromatic hydroxyl groups is 4. The lowest BCUT2D eigenvalue weighted by atomic mass is 9.89. The molecule has 3 aromatic carbocycles. The lowest BCUT2D eigenvalue weighted by molar-refractivity contribution is 0.0690. The van der Waals surface area contributed by atoms with E-state index in [4.69, 9.17) is 0 Å². The van der Waals surface area contributed by atoms with Crippen LogP contribution in [0.1, 0.15) is 52.6 Å². The topological polar surface area (TPSA) is 190 Å². The summed E-state index contributed by atoms with van der Waals surface area (Å²) in [4.78, 5) is 49.4. The van der Waals surface area contributed by atoms with E-state index in [2.05, 4.69) is 0 Å². The molecule has 0 heterocycles.